The highest BCUT2D eigenvalue weighted by molar-refractivity contribution is 6.33. The summed E-state index contributed by atoms with van der Waals surface area (Å²) in [7, 11) is 0. The number of fused-ring (bicyclic) bond motifs is 1. The molecule has 0 unspecified atom stereocenters. The Balaban J connectivity index is 2.09. The SMILES string of the molecule is CC(=O)c1cnn2c(-c3ccc(C)cc3)c(-c3ccccc3Cl)cnc12. The number of aromatic nitrogens is 3. The predicted molar refractivity (Wildman–Crippen MR) is 104 cm³/mol. The van der Waals surface area contributed by atoms with E-state index >= 15 is 0 Å². The molecule has 4 nitrogen and oxygen atoms in total. The Morgan fingerprint density at radius 3 is 2.42 bits per heavy atom. The second-order valence-electron chi connectivity index (χ2n) is 6.22. The highest BCUT2D eigenvalue weighted by Gasteiger charge is 2.19. The number of halogens is 1. The zero-order valence-electron chi connectivity index (χ0n) is 14.4. The van der Waals surface area contributed by atoms with Gasteiger partial charge >= 0.3 is 0 Å². The quantitative estimate of drug-likeness (QED) is 0.469. The summed E-state index contributed by atoms with van der Waals surface area (Å²) in [5, 5.41) is 5.08. The molecule has 2 heterocycles. The fourth-order valence-electron chi connectivity index (χ4n) is 3.05. The van der Waals surface area contributed by atoms with Crippen molar-refractivity contribution in [2.45, 2.75) is 13.8 Å². The maximum absolute atomic E-state index is 11.9. The molecule has 128 valence electrons. The molecule has 0 fully saturated rings. The van der Waals surface area contributed by atoms with Gasteiger partial charge in [0.25, 0.3) is 0 Å². The van der Waals surface area contributed by atoms with E-state index in [1.54, 1.807) is 16.9 Å². The molecule has 0 amide bonds. The molecule has 0 saturated carbocycles. The number of benzene rings is 2. The number of ketones is 1. The maximum atomic E-state index is 11.9. The van der Waals surface area contributed by atoms with Crippen molar-refractivity contribution in [1.29, 1.82) is 0 Å². The van der Waals surface area contributed by atoms with E-state index in [1.807, 2.05) is 55.5 Å². The highest BCUT2D eigenvalue weighted by Crippen LogP contribution is 2.36. The van der Waals surface area contributed by atoms with Gasteiger partial charge in [0.2, 0.25) is 0 Å². The average molecular weight is 362 g/mol. The zero-order chi connectivity index (χ0) is 18.3. The second-order valence-corrected chi connectivity index (χ2v) is 6.62. The Morgan fingerprint density at radius 2 is 1.73 bits per heavy atom. The molecule has 5 heteroatoms. The smallest absolute Gasteiger partial charge is 0.166 e. The molecule has 2 aromatic carbocycles. The number of hydrogen-bond acceptors (Lipinski definition) is 3. The molecule has 0 spiro atoms. The number of carbonyl (C=O) groups is 1. The minimum absolute atomic E-state index is 0.0622. The first-order valence-corrected chi connectivity index (χ1v) is 8.63. The van der Waals surface area contributed by atoms with Crippen LogP contribution in [0.15, 0.2) is 60.9 Å². The molecule has 4 rings (SSSR count). The van der Waals surface area contributed by atoms with E-state index in [9.17, 15) is 4.79 Å². The van der Waals surface area contributed by atoms with Gasteiger partial charge in [0, 0.05) is 27.9 Å². The Bertz CT molecular complexity index is 1130. The van der Waals surface area contributed by atoms with Crippen LogP contribution < -0.4 is 0 Å². The summed E-state index contributed by atoms with van der Waals surface area (Å²) in [6, 6.07) is 15.8. The Hall–Kier alpha value is -2.98. The normalized spacial score (nSPS) is 11.0. The van der Waals surface area contributed by atoms with Crippen molar-refractivity contribution in [3.8, 4) is 22.4 Å². The van der Waals surface area contributed by atoms with E-state index in [0.717, 1.165) is 22.4 Å². The van der Waals surface area contributed by atoms with Gasteiger partial charge in [-0.15, -0.1) is 0 Å². The fraction of sp³-hybridized carbons (Fsp3) is 0.0952. The van der Waals surface area contributed by atoms with Crippen LogP contribution in [0, 0.1) is 6.92 Å². The maximum Gasteiger partial charge on any atom is 0.166 e. The third-order valence-corrected chi connectivity index (χ3v) is 4.72. The fourth-order valence-corrected chi connectivity index (χ4v) is 3.28. The molecule has 0 aliphatic carbocycles. The molecule has 26 heavy (non-hydrogen) atoms. The van der Waals surface area contributed by atoms with Crippen LogP contribution in [0.2, 0.25) is 5.02 Å². The van der Waals surface area contributed by atoms with Crippen LogP contribution in [0.4, 0.5) is 0 Å². The summed E-state index contributed by atoms with van der Waals surface area (Å²) in [6.07, 6.45) is 3.33. The molecule has 0 atom stereocenters. The summed E-state index contributed by atoms with van der Waals surface area (Å²) in [4.78, 5) is 16.4. The predicted octanol–water partition coefficient (Wildman–Crippen LogP) is 5.23. The van der Waals surface area contributed by atoms with Gasteiger partial charge in [0.05, 0.1) is 17.5 Å². The van der Waals surface area contributed by atoms with Crippen molar-refractivity contribution < 1.29 is 4.79 Å². The van der Waals surface area contributed by atoms with Gasteiger partial charge in [-0.1, -0.05) is 59.6 Å². The third kappa shape index (κ3) is 2.68. The Labute approximate surface area is 156 Å². The lowest BCUT2D eigenvalue weighted by atomic mass is 10.00. The van der Waals surface area contributed by atoms with Gasteiger partial charge in [0.15, 0.2) is 11.4 Å². The summed E-state index contributed by atoms with van der Waals surface area (Å²) in [5.74, 6) is -0.0622. The van der Waals surface area contributed by atoms with E-state index in [0.29, 0.717) is 16.2 Å². The first kappa shape index (κ1) is 16.5. The van der Waals surface area contributed by atoms with Gasteiger partial charge in [-0.05, 0) is 19.9 Å². The van der Waals surface area contributed by atoms with Gasteiger partial charge in [-0.25, -0.2) is 9.50 Å². The van der Waals surface area contributed by atoms with Crippen LogP contribution in [0.1, 0.15) is 22.8 Å². The second kappa shape index (κ2) is 6.39. The zero-order valence-corrected chi connectivity index (χ0v) is 15.2. The van der Waals surface area contributed by atoms with Crippen LogP contribution in [0.5, 0.6) is 0 Å². The van der Waals surface area contributed by atoms with Crippen molar-refractivity contribution in [3.63, 3.8) is 0 Å². The standard InChI is InChI=1S/C21H16ClN3O/c1-13-7-9-15(10-8-13)20-18(16-5-3-4-6-19(16)22)11-23-21-17(14(2)26)12-24-25(20)21/h3-12H,1-2H3. The molecule has 0 saturated heterocycles. The number of Topliss-reactive ketones (excluding diaryl/α,β-unsaturated/α-hetero) is 1. The summed E-state index contributed by atoms with van der Waals surface area (Å²) >= 11 is 6.44. The van der Waals surface area contributed by atoms with E-state index in [1.165, 1.54) is 12.5 Å². The molecule has 4 aromatic rings. The van der Waals surface area contributed by atoms with Crippen molar-refractivity contribution in [3.05, 3.63) is 77.1 Å². The first-order chi connectivity index (χ1) is 12.6. The van der Waals surface area contributed by atoms with Crippen molar-refractivity contribution >= 4 is 23.0 Å². The van der Waals surface area contributed by atoms with Gasteiger partial charge in [-0.3, -0.25) is 4.79 Å². The first-order valence-electron chi connectivity index (χ1n) is 8.26. The highest BCUT2D eigenvalue weighted by atomic mass is 35.5. The van der Waals surface area contributed by atoms with Gasteiger partial charge in [0.1, 0.15) is 0 Å². The lowest BCUT2D eigenvalue weighted by molar-refractivity contribution is 0.101. The topological polar surface area (TPSA) is 47.3 Å². The molecule has 0 aliphatic heterocycles. The van der Waals surface area contributed by atoms with Crippen molar-refractivity contribution in [1.82, 2.24) is 14.6 Å². The monoisotopic (exact) mass is 361 g/mol. The summed E-state index contributed by atoms with van der Waals surface area (Å²) in [6.45, 7) is 3.56. The molecular formula is C21H16ClN3O. The van der Waals surface area contributed by atoms with Crippen LogP contribution in [0.25, 0.3) is 28.0 Å². The number of nitrogens with zero attached hydrogens (tertiary/aromatic N) is 3. The molecule has 0 bridgehead atoms. The largest absolute Gasteiger partial charge is 0.294 e. The number of hydrogen-bond donors (Lipinski definition) is 0. The van der Waals surface area contributed by atoms with Gasteiger partial charge < -0.3 is 0 Å². The average Bonchev–Trinajstić information content (AvgIpc) is 3.07. The summed E-state index contributed by atoms with van der Waals surface area (Å²) in [5.41, 5.74) is 5.80. The van der Waals surface area contributed by atoms with Gasteiger partial charge in [-0.2, -0.15) is 5.10 Å². The summed E-state index contributed by atoms with van der Waals surface area (Å²) < 4.78 is 1.72. The van der Waals surface area contributed by atoms with Crippen molar-refractivity contribution in [2.24, 2.45) is 0 Å². The number of rotatable bonds is 3. The van der Waals surface area contributed by atoms with E-state index in [4.69, 9.17) is 11.6 Å². The number of aryl methyl sites for hydroxylation is 1. The lowest BCUT2D eigenvalue weighted by Gasteiger charge is -2.13. The molecule has 0 aliphatic rings. The van der Waals surface area contributed by atoms with Crippen LogP contribution in [0.3, 0.4) is 0 Å². The van der Waals surface area contributed by atoms with E-state index in [-0.39, 0.29) is 5.78 Å². The number of carbonyl (C=O) groups excluding carboxylic acids is 1. The minimum atomic E-state index is -0.0622. The van der Waals surface area contributed by atoms with E-state index < -0.39 is 0 Å². The Morgan fingerprint density at radius 1 is 1.00 bits per heavy atom. The Kier molecular flexibility index (Phi) is 4.05. The van der Waals surface area contributed by atoms with Crippen molar-refractivity contribution in [2.75, 3.05) is 0 Å². The minimum Gasteiger partial charge on any atom is -0.294 e. The van der Waals surface area contributed by atoms with E-state index in [2.05, 4.69) is 10.1 Å². The molecule has 0 radical (unpaired) electrons. The molecular weight excluding hydrogens is 346 g/mol. The molecule has 2 aromatic heterocycles. The van der Waals surface area contributed by atoms with Crippen LogP contribution >= 0.6 is 11.6 Å². The lowest BCUT2D eigenvalue weighted by Crippen LogP contribution is -2.01. The third-order valence-electron chi connectivity index (χ3n) is 4.40. The molecule has 0 N–H and O–H groups in total. The van der Waals surface area contributed by atoms with Crippen LogP contribution in [-0.4, -0.2) is 20.4 Å². The van der Waals surface area contributed by atoms with Crippen LogP contribution in [-0.2, 0) is 0 Å².